The van der Waals surface area contributed by atoms with Crippen LogP contribution >= 0.6 is 0 Å². The monoisotopic (exact) mass is 422 g/mol. The molecule has 0 heteroatoms. The second-order valence-electron chi connectivity index (χ2n) is 10.2. The Morgan fingerprint density at radius 2 is 1.16 bits per heavy atom. The Labute approximate surface area is 195 Å². The van der Waals surface area contributed by atoms with E-state index in [1.54, 1.807) is 16.7 Å². The Morgan fingerprint density at radius 3 is 1.78 bits per heavy atom. The van der Waals surface area contributed by atoms with Gasteiger partial charge in [-0.25, -0.2) is 0 Å². The first-order chi connectivity index (χ1) is 15.6. The topological polar surface area (TPSA) is 0 Å². The molecule has 0 bridgehead atoms. The molecule has 3 aliphatic carbocycles. The van der Waals surface area contributed by atoms with Gasteiger partial charge in [-0.05, 0) is 71.9 Å². The molecular weight excluding hydrogens is 384 g/mol. The van der Waals surface area contributed by atoms with Gasteiger partial charge in [0.05, 0.1) is 0 Å². The Morgan fingerprint density at radius 1 is 0.625 bits per heavy atom. The van der Waals surface area contributed by atoms with E-state index >= 15 is 0 Å². The smallest absolute Gasteiger partial charge is 0.0130 e. The summed E-state index contributed by atoms with van der Waals surface area (Å²) < 4.78 is 0. The first kappa shape index (κ1) is 21.5. The molecule has 5 rings (SSSR count). The molecule has 0 amide bonds. The second kappa shape index (κ2) is 8.22. The molecule has 2 aromatic carbocycles. The molecule has 0 N–H and O–H groups in total. The van der Waals surface area contributed by atoms with E-state index < -0.39 is 0 Å². The van der Waals surface area contributed by atoms with E-state index in [1.165, 1.54) is 55.2 Å². The molecule has 32 heavy (non-hydrogen) atoms. The number of hydrogen-bond donors (Lipinski definition) is 0. The molecule has 0 nitrogen and oxygen atoms in total. The molecule has 166 valence electrons. The van der Waals surface area contributed by atoms with Crippen LogP contribution in [0.2, 0.25) is 0 Å². The van der Waals surface area contributed by atoms with Gasteiger partial charge in [-0.1, -0.05) is 101 Å². The van der Waals surface area contributed by atoms with Crippen LogP contribution in [-0.2, 0) is 10.8 Å². The molecule has 2 atom stereocenters. The predicted molar refractivity (Wildman–Crippen MR) is 139 cm³/mol. The van der Waals surface area contributed by atoms with Gasteiger partial charge in [-0.3, -0.25) is 0 Å². The van der Waals surface area contributed by atoms with E-state index in [2.05, 4.69) is 101 Å². The Bertz CT molecular complexity index is 1090. The van der Waals surface area contributed by atoms with E-state index in [4.69, 9.17) is 0 Å². The molecule has 0 saturated heterocycles. The fourth-order valence-electron chi connectivity index (χ4n) is 6.66. The van der Waals surface area contributed by atoms with Gasteiger partial charge in [0.2, 0.25) is 0 Å². The fraction of sp³-hybridized carbons (Fsp3) is 0.438. The van der Waals surface area contributed by atoms with E-state index in [1.807, 2.05) is 0 Å². The largest absolute Gasteiger partial charge is 0.0771 e. The molecule has 0 radical (unpaired) electrons. The zero-order valence-electron chi connectivity index (χ0n) is 20.3. The van der Waals surface area contributed by atoms with Crippen molar-refractivity contribution < 1.29 is 0 Å². The summed E-state index contributed by atoms with van der Waals surface area (Å²) in [4.78, 5) is 0. The third-order valence-electron chi connectivity index (χ3n) is 9.14. The van der Waals surface area contributed by atoms with Crippen molar-refractivity contribution in [3.63, 3.8) is 0 Å². The van der Waals surface area contributed by atoms with Crippen LogP contribution < -0.4 is 0 Å². The van der Waals surface area contributed by atoms with Crippen LogP contribution in [-0.4, -0.2) is 0 Å². The molecular formula is C32H38. The van der Waals surface area contributed by atoms with Crippen LogP contribution in [0.25, 0.3) is 12.2 Å². The summed E-state index contributed by atoms with van der Waals surface area (Å²) in [5.74, 6) is 1.12. The summed E-state index contributed by atoms with van der Waals surface area (Å²) in [6.45, 7) is 9.47. The Hall–Kier alpha value is -2.34. The molecule has 2 unspecified atom stereocenters. The number of benzene rings is 2. The number of fused-ring (bicyclic) bond motifs is 3. The summed E-state index contributed by atoms with van der Waals surface area (Å²) >= 11 is 0. The van der Waals surface area contributed by atoms with E-state index in [0.717, 1.165) is 0 Å². The number of hydrogen-bond acceptors (Lipinski definition) is 0. The van der Waals surface area contributed by atoms with Crippen molar-refractivity contribution in [3.05, 3.63) is 94.1 Å². The fourth-order valence-corrected chi connectivity index (χ4v) is 6.66. The zero-order chi connectivity index (χ0) is 22.3. The molecule has 3 aliphatic rings. The Kier molecular flexibility index (Phi) is 5.52. The van der Waals surface area contributed by atoms with E-state index in [0.29, 0.717) is 11.8 Å². The van der Waals surface area contributed by atoms with Gasteiger partial charge in [0.15, 0.2) is 0 Å². The minimum atomic E-state index is 0.193. The minimum Gasteiger partial charge on any atom is -0.0771 e. The lowest BCUT2D eigenvalue weighted by molar-refractivity contribution is 0.418. The second-order valence-corrected chi connectivity index (χ2v) is 10.2. The quantitative estimate of drug-likeness (QED) is 0.390. The van der Waals surface area contributed by atoms with Gasteiger partial charge in [-0.15, -0.1) is 0 Å². The van der Waals surface area contributed by atoms with Crippen molar-refractivity contribution in [3.8, 4) is 0 Å². The van der Waals surface area contributed by atoms with Gasteiger partial charge < -0.3 is 0 Å². The average Bonchev–Trinajstić information content (AvgIpc) is 3.44. The van der Waals surface area contributed by atoms with Crippen molar-refractivity contribution in [1.82, 2.24) is 0 Å². The van der Waals surface area contributed by atoms with Crippen molar-refractivity contribution in [1.29, 1.82) is 0 Å². The zero-order valence-corrected chi connectivity index (χ0v) is 20.3. The van der Waals surface area contributed by atoms with Gasteiger partial charge in [-0.2, -0.15) is 0 Å². The first-order valence-electron chi connectivity index (χ1n) is 12.9. The maximum absolute atomic E-state index is 2.63. The standard InChI is InChI=1S/C32H38/c1-5-31(6-2)19-20-32(7-3,8-4)30-22-28-25(17-18-26(28)21-29(30)31)16-15-24-14-13-23-11-9-10-12-27(23)24/h9-14,17-22,24-25H,5-8,15-16H2,1-4H3. The van der Waals surface area contributed by atoms with Crippen LogP contribution in [0.3, 0.4) is 0 Å². The van der Waals surface area contributed by atoms with Gasteiger partial charge in [0.25, 0.3) is 0 Å². The third-order valence-corrected chi connectivity index (χ3v) is 9.14. The normalized spacial score (nSPS) is 23.2. The van der Waals surface area contributed by atoms with Crippen LogP contribution in [0.5, 0.6) is 0 Å². The summed E-state index contributed by atoms with van der Waals surface area (Å²) in [5.41, 5.74) is 9.57. The highest BCUT2D eigenvalue weighted by atomic mass is 14.4. The molecule has 0 aliphatic heterocycles. The highest BCUT2D eigenvalue weighted by molar-refractivity contribution is 5.67. The lowest BCUT2D eigenvalue weighted by Gasteiger charge is -2.43. The SMILES string of the molecule is CCC1(CC)C=CC(CC)(CC)c2cc3c(cc21)C=CC3CCC1C=Cc2ccccc21. The highest BCUT2D eigenvalue weighted by Gasteiger charge is 2.40. The molecule has 0 aromatic heterocycles. The van der Waals surface area contributed by atoms with Gasteiger partial charge in [0.1, 0.15) is 0 Å². The molecule has 0 spiro atoms. The maximum Gasteiger partial charge on any atom is 0.0130 e. The summed E-state index contributed by atoms with van der Waals surface area (Å²) in [6.07, 6.45) is 21.9. The lowest BCUT2D eigenvalue weighted by atomic mass is 9.60. The highest BCUT2D eigenvalue weighted by Crippen LogP contribution is 2.51. The molecule has 0 fully saturated rings. The van der Waals surface area contributed by atoms with Crippen LogP contribution in [0, 0.1) is 0 Å². The van der Waals surface area contributed by atoms with Gasteiger partial charge in [0, 0.05) is 22.7 Å². The van der Waals surface area contributed by atoms with Crippen molar-refractivity contribution in [2.75, 3.05) is 0 Å². The van der Waals surface area contributed by atoms with Crippen LogP contribution in [0.1, 0.15) is 111 Å². The molecule has 2 aromatic rings. The summed E-state index contributed by atoms with van der Waals surface area (Å²) in [5, 5.41) is 0. The number of rotatable bonds is 7. The van der Waals surface area contributed by atoms with Crippen molar-refractivity contribution in [2.24, 2.45) is 0 Å². The third kappa shape index (κ3) is 3.18. The van der Waals surface area contributed by atoms with Gasteiger partial charge >= 0.3 is 0 Å². The predicted octanol–water partition coefficient (Wildman–Crippen LogP) is 9.07. The van der Waals surface area contributed by atoms with Crippen molar-refractivity contribution >= 4 is 12.2 Å². The number of allylic oxidation sites excluding steroid dienone is 4. The van der Waals surface area contributed by atoms with Crippen LogP contribution in [0.15, 0.2) is 60.7 Å². The first-order valence-corrected chi connectivity index (χ1v) is 12.9. The van der Waals surface area contributed by atoms with Crippen molar-refractivity contribution in [2.45, 2.75) is 88.9 Å². The minimum absolute atomic E-state index is 0.193. The molecule has 0 saturated carbocycles. The Balaban J connectivity index is 1.47. The van der Waals surface area contributed by atoms with E-state index in [-0.39, 0.29) is 10.8 Å². The molecule has 0 heterocycles. The lowest BCUT2D eigenvalue weighted by Crippen LogP contribution is -2.35. The summed E-state index contributed by atoms with van der Waals surface area (Å²) in [7, 11) is 0. The van der Waals surface area contributed by atoms with E-state index in [9.17, 15) is 0 Å². The summed E-state index contributed by atoms with van der Waals surface area (Å²) in [6, 6.07) is 14.1. The average molecular weight is 423 g/mol. The van der Waals surface area contributed by atoms with Crippen LogP contribution in [0.4, 0.5) is 0 Å². The maximum atomic E-state index is 2.63.